The van der Waals surface area contributed by atoms with Crippen LogP contribution in [0.25, 0.3) is 11.5 Å². The molecule has 0 radical (unpaired) electrons. The Bertz CT molecular complexity index is 1010. The van der Waals surface area contributed by atoms with Crippen LogP contribution in [0.4, 0.5) is 0 Å². The van der Waals surface area contributed by atoms with Gasteiger partial charge in [0, 0.05) is 22.1 Å². The molecular formula is C23H26N2O3S. The first-order chi connectivity index (χ1) is 13.9. The Morgan fingerprint density at radius 1 is 1.10 bits per heavy atom. The zero-order valence-electron chi connectivity index (χ0n) is 17.2. The Morgan fingerprint density at radius 3 is 2.38 bits per heavy atom. The number of nitrogens with zero attached hydrogens (tertiary/aromatic N) is 1. The maximum Gasteiger partial charge on any atom is 0.251 e. The van der Waals surface area contributed by atoms with Gasteiger partial charge < -0.3 is 9.73 Å². The molecule has 29 heavy (non-hydrogen) atoms. The number of benzene rings is 2. The van der Waals surface area contributed by atoms with Crippen molar-refractivity contribution in [3.8, 4) is 11.5 Å². The van der Waals surface area contributed by atoms with E-state index in [4.69, 9.17) is 4.42 Å². The molecule has 152 valence electrons. The second-order valence-corrected chi connectivity index (χ2v) is 8.64. The molecule has 0 fully saturated rings. The predicted octanol–water partition coefficient (Wildman–Crippen LogP) is 4.79. The van der Waals surface area contributed by atoms with Gasteiger partial charge in [-0.1, -0.05) is 24.6 Å². The summed E-state index contributed by atoms with van der Waals surface area (Å²) in [4.78, 5) is 17.5. The van der Waals surface area contributed by atoms with E-state index < -0.39 is 10.8 Å². The van der Waals surface area contributed by atoms with E-state index in [0.717, 1.165) is 22.4 Å². The lowest BCUT2D eigenvalue weighted by atomic mass is 10.1. The molecule has 6 heteroatoms. The molecule has 0 bridgehead atoms. The van der Waals surface area contributed by atoms with Crippen LogP contribution in [0, 0.1) is 13.8 Å². The average Bonchev–Trinajstić information content (AvgIpc) is 3.08. The van der Waals surface area contributed by atoms with Crippen LogP contribution in [0.5, 0.6) is 0 Å². The van der Waals surface area contributed by atoms with Gasteiger partial charge in [0.15, 0.2) is 0 Å². The van der Waals surface area contributed by atoms with Crippen LogP contribution in [0.1, 0.15) is 47.6 Å². The van der Waals surface area contributed by atoms with Crippen LogP contribution in [0.3, 0.4) is 0 Å². The molecule has 0 unspecified atom stereocenters. The highest BCUT2D eigenvalue weighted by Gasteiger charge is 2.16. The third kappa shape index (κ3) is 5.21. The predicted molar refractivity (Wildman–Crippen MR) is 115 cm³/mol. The lowest BCUT2D eigenvalue weighted by molar-refractivity contribution is 0.0939. The number of aromatic nitrogens is 1. The van der Waals surface area contributed by atoms with E-state index in [9.17, 15) is 9.00 Å². The molecular weight excluding hydrogens is 384 g/mol. The van der Waals surface area contributed by atoms with Gasteiger partial charge in [0.05, 0.1) is 22.2 Å². The SMILES string of the molecule is CC[C@H](C)NC(=O)c1ccc(-c2nc(C[S@](=O)c3ccc(C)cc3)c(C)o2)cc1. The summed E-state index contributed by atoms with van der Waals surface area (Å²) in [5, 5.41) is 2.95. The Hall–Kier alpha value is -2.73. The maximum absolute atomic E-state index is 12.6. The third-order valence-corrected chi connectivity index (χ3v) is 6.16. The maximum atomic E-state index is 12.6. The number of rotatable bonds is 7. The van der Waals surface area contributed by atoms with Crippen molar-refractivity contribution in [1.82, 2.24) is 10.3 Å². The van der Waals surface area contributed by atoms with Gasteiger partial charge >= 0.3 is 0 Å². The molecule has 1 aromatic heterocycles. The molecule has 0 aliphatic carbocycles. The molecule has 3 rings (SSSR count). The first-order valence-electron chi connectivity index (χ1n) is 9.70. The minimum atomic E-state index is -1.19. The van der Waals surface area contributed by atoms with Crippen LogP contribution in [0.2, 0.25) is 0 Å². The molecule has 5 nitrogen and oxygen atoms in total. The lowest BCUT2D eigenvalue weighted by Gasteiger charge is -2.11. The first kappa shape index (κ1) is 21.0. The monoisotopic (exact) mass is 410 g/mol. The highest BCUT2D eigenvalue weighted by atomic mass is 32.2. The topological polar surface area (TPSA) is 72.2 Å². The molecule has 1 heterocycles. The minimum absolute atomic E-state index is 0.0938. The lowest BCUT2D eigenvalue weighted by Crippen LogP contribution is -2.31. The first-order valence-corrected chi connectivity index (χ1v) is 11.0. The van der Waals surface area contributed by atoms with Crippen molar-refractivity contribution in [1.29, 1.82) is 0 Å². The van der Waals surface area contributed by atoms with Crippen molar-refractivity contribution in [3.63, 3.8) is 0 Å². The van der Waals surface area contributed by atoms with Gasteiger partial charge in [0.1, 0.15) is 5.76 Å². The molecule has 0 spiro atoms. The summed E-state index contributed by atoms with van der Waals surface area (Å²) in [6.45, 7) is 7.83. The van der Waals surface area contributed by atoms with Gasteiger partial charge in [0.25, 0.3) is 5.91 Å². The molecule has 0 aliphatic rings. The van der Waals surface area contributed by atoms with Gasteiger partial charge in [-0.2, -0.15) is 0 Å². The van der Waals surface area contributed by atoms with Crippen LogP contribution in [0.15, 0.2) is 57.8 Å². The van der Waals surface area contributed by atoms with Gasteiger partial charge in [-0.25, -0.2) is 4.98 Å². The third-order valence-electron chi connectivity index (χ3n) is 4.83. The average molecular weight is 411 g/mol. The summed E-state index contributed by atoms with van der Waals surface area (Å²) in [6.07, 6.45) is 0.881. The number of hydrogen-bond acceptors (Lipinski definition) is 4. The van der Waals surface area contributed by atoms with E-state index in [-0.39, 0.29) is 11.9 Å². The Labute approximate surface area is 174 Å². The zero-order chi connectivity index (χ0) is 21.0. The van der Waals surface area contributed by atoms with Crippen molar-refractivity contribution in [2.45, 2.75) is 50.8 Å². The van der Waals surface area contributed by atoms with Crippen LogP contribution < -0.4 is 5.32 Å². The van der Waals surface area contributed by atoms with Crippen molar-refractivity contribution in [3.05, 3.63) is 71.1 Å². The molecule has 2 atom stereocenters. The summed E-state index contributed by atoms with van der Waals surface area (Å²) in [5.74, 6) is 1.32. The Kier molecular flexibility index (Phi) is 6.64. The zero-order valence-corrected chi connectivity index (χ0v) is 18.0. The van der Waals surface area contributed by atoms with E-state index in [1.807, 2.05) is 64.1 Å². The fraction of sp³-hybridized carbons (Fsp3) is 0.304. The summed E-state index contributed by atoms with van der Waals surface area (Å²) in [7, 11) is -1.19. The molecule has 1 amide bonds. The smallest absolute Gasteiger partial charge is 0.251 e. The van der Waals surface area contributed by atoms with Crippen molar-refractivity contribution >= 4 is 16.7 Å². The summed E-state index contributed by atoms with van der Waals surface area (Å²) < 4.78 is 18.4. The number of oxazole rings is 1. The van der Waals surface area contributed by atoms with E-state index in [0.29, 0.717) is 28.7 Å². The van der Waals surface area contributed by atoms with Gasteiger partial charge in [0.2, 0.25) is 5.89 Å². The molecule has 0 aliphatic heterocycles. The second-order valence-electron chi connectivity index (χ2n) is 7.18. The Morgan fingerprint density at radius 2 is 1.76 bits per heavy atom. The Balaban J connectivity index is 1.73. The molecule has 0 saturated heterocycles. The fourth-order valence-electron chi connectivity index (χ4n) is 2.76. The van der Waals surface area contributed by atoms with Crippen LogP contribution >= 0.6 is 0 Å². The number of nitrogens with one attached hydrogen (secondary N) is 1. The molecule has 3 aromatic rings. The van der Waals surface area contributed by atoms with Gasteiger partial charge in [-0.3, -0.25) is 9.00 Å². The normalized spacial score (nSPS) is 13.1. The number of hydrogen-bond donors (Lipinski definition) is 1. The van der Waals surface area contributed by atoms with E-state index in [2.05, 4.69) is 10.3 Å². The van der Waals surface area contributed by atoms with E-state index >= 15 is 0 Å². The van der Waals surface area contributed by atoms with Gasteiger partial charge in [-0.05, 0) is 63.6 Å². The number of aryl methyl sites for hydroxylation is 2. The van der Waals surface area contributed by atoms with E-state index in [1.54, 1.807) is 12.1 Å². The fourth-order valence-corrected chi connectivity index (χ4v) is 3.88. The number of carbonyl (C=O) groups is 1. The van der Waals surface area contributed by atoms with Crippen LogP contribution in [-0.4, -0.2) is 21.1 Å². The molecule has 1 N–H and O–H groups in total. The highest BCUT2D eigenvalue weighted by Crippen LogP contribution is 2.24. The van der Waals surface area contributed by atoms with Gasteiger partial charge in [-0.15, -0.1) is 0 Å². The van der Waals surface area contributed by atoms with Crippen molar-refractivity contribution in [2.24, 2.45) is 0 Å². The van der Waals surface area contributed by atoms with Crippen molar-refractivity contribution in [2.75, 3.05) is 0 Å². The second kappa shape index (κ2) is 9.18. The minimum Gasteiger partial charge on any atom is -0.441 e. The van der Waals surface area contributed by atoms with E-state index in [1.165, 1.54) is 0 Å². The largest absolute Gasteiger partial charge is 0.441 e. The summed E-state index contributed by atoms with van der Waals surface area (Å²) >= 11 is 0. The molecule has 0 saturated carbocycles. The summed E-state index contributed by atoms with van der Waals surface area (Å²) in [5.41, 5.74) is 3.18. The number of carbonyl (C=O) groups excluding carboxylic acids is 1. The molecule has 2 aromatic carbocycles. The number of amides is 1. The van der Waals surface area contributed by atoms with Crippen molar-refractivity contribution < 1.29 is 13.4 Å². The highest BCUT2D eigenvalue weighted by molar-refractivity contribution is 7.84. The quantitative estimate of drug-likeness (QED) is 0.608. The summed E-state index contributed by atoms with van der Waals surface area (Å²) in [6, 6.07) is 15.0. The standard InChI is InChI=1S/C23H26N2O3S/c1-5-16(3)24-22(26)18-8-10-19(11-9-18)23-25-21(17(4)28-23)14-29(27)20-12-6-15(2)7-13-20/h6-13,16H,5,14H2,1-4H3,(H,24,26)/t16-,29-/m0/s1. The van der Waals surface area contributed by atoms with Crippen LogP contribution in [-0.2, 0) is 16.6 Å².